The number of esters is 1. The van der Waals surface area contributed by atoms with E-state index in [1.165, 1.54) is 0 Å². The number of ether oxygens (including phenoxy) is 1. The van der Waals surface area contributed by atoms with E-state index in [0.717, 1.165) is 6.42 Å². The van der Waals surface area contributed by atoms with E-state index in [4.69, 9.17) is 4.74 Å². The van der Waals surface area contributed by atoms with Crippen molar-refractivity contribution in [2.24, 2.45) is 5.92 Å². The van der Waals surface area contributed by atoms with Gasteiger partial charge in [0.2, 0.25) is 0 Å². The minimum Gasteiger partial charge on any atom is -0.466 e. The van der Waals surface area contributed by atoms with Gasteiger partial charge in [-0.25, -0.2) is 0 Å². The van der Waals surface area contributed by atoms with Crippen LogP contribution in [0.3, 0.4) is 0 Å². The van der Waals surface area contributed by atoms with Gasteiger partial charge in [-0.15, -0.1) is 0 Å². The maximum Gasteiger partial charge on any atom is 0.309 e. The van der Waals surface area contributed by atoms with Gasteiger partial charge < -0.3 is 4.74 Å². The van der Waals surface area contributed by atoms with Crippen molar-refractivity contribution >= 4 is 5.97 Å². The molecule has 0 heterocycles. The SMILES string of the molecule is CCOC(=O)[C@@H]1[CH]C1. The number of carbonyl (C=O) groups is 1. The monoisotopic (exact) mass is 113 g/mol. The molecule has 0 aromatic heterocycles. The molecule has 1 rings (SSSR count). The molecule has 1 saturated carbocycles. The number of carbonyl (C=O) groups excluding carboxylic acids is 1. The van der Waals surface area contributed by atoms with Crippen molar-refractivity contribution in [2.45, 2.75) is 13.3 Å². The molecule has 0 N–H and O–H groups in total. The fourth-order valence-electron chi connectivity index (χ4n) is 0.510. The van der Waals surface area contributed by atoms with Crippen LogP contribution in [0.15, 0.2) is 0 Å². The standard InChI is InChI=1S/C6H9O2/c1-2-8-6(7)5-3-4-5/h3,5H,2,4H2,1H3/t5-/m1/s1. The van der Waals surface area contributed by atoms with Crippen LogP contribution in [-0.4, -0.2) is 12.6 Å². The van der Waals surface area contributed by atoms with Crippen molar-refractivity contribution in [3.05, 3.63) is 6.42 Å². The molecule has 45 valence electrons. The molecule has 0 bridgehead atoms. The molecule has 1 atom stereocenters. The van der Waals surface area contributed by atoms with Crippen LogP contribution in [0.5, 0.6) is 0 Å². The molecule has 1 fully saturated rings. The molecule has 0 aromatic carbocycles. The smallest absolute Gasteiger partial charge is 0.309 e. The maximum atomic E-state index is 10.6. The van der Waals surface area contributed by atoms with Crippen LogP contribution < -0.4 is 0 Å². The van der Waals surface area contributed by atoms with Crippen molar-refractivity contribution in [1.29, 1.82) is 0 Å². The minimum absolute atomic E-state index is 0.0625. The van der Waals surface area contributed by atoms with Crippen LogP contribution in [0, 0.1) is 12.3 Å². The molecule has 2 nitrogen and oxygen atoms in total. The summed E-state index contributed by atoms with van der Waals surface area (Å²) in [5.74, 6) is 0.0717. The van der Waals surface area contributed by atoms with Crippen molar-refractivity contribution in [3.8, 4) is 0 Å². The van der Waals surface area contributed by atoms with Crippen LogP contribution >= 0.6 is 0 Å². The van der Waals surface area contributed by atoms with Crippen LogP contribution in [0.2, 0.25) is 0 Å². The summed E-state index contributed by atoms with van der Waals surface area (Å²) in [5.41, 5.74) is 0. The number of hydrogen-bond acceptors (Lipinski definition) is 2. The first-order valence-electron chi connectivity index (χ1n) is 2.84. The Morgan fingerprint density at radius 2 is 2.62 bits per heavy atom. The van der Waals surface area contributed by atoms with Gasteiger partial charge in [0.25, 0.3) is 0 Å². The van der Waals surface area contributed by atoms with Gasteiger partial charge in [0.1, 0.15) is 0 Å². The number of rotatable bonds is 2. The number of hydrogen-bond donors (Lipinski definition) is 0. The lowest BCUT2D eigenvalue weighted by Gasteiger charge is -1.95. The van der Waals surface area contributed by atoms with Crippen molar-refractivity contribution in [1.82, 2.24) is 0 Å². The maximum absolute atomic E-state index is 10.6. The fraction of sp³-hybridized carbons (Fsp3) is 0.667. The van der Waals surface area contributed by atoms with Gasteiger partial charge >= 0.3 is 5.97 Å². The molecule has 8 heavy (non-hydrogen) atoms. The average Bonchev–Trinajstić information content (AvgIpc) is 2.45. The lowest BCUT2D eigenvalue weighted by molar-refractivity contribution is -0.144. The lowest BCUT2D eigenvalue weighted by Crippen LogP contribution is -2.05. The summed E-state index contributed by atoms with van der Waals surface area (Å²) < 4.78 is 4.70. The molecule has 0 unspecified atom stereocenters. The topological polar surface area (TPSA) is 26.3 Å². The zero-order chi connectivity index (χ0) is 5.98. The summed E-state index contributed by atoms with van der Waals surface area (Å²) in [6, 6.07) is 0. The Morgan fingerprint density at radius 3 is 3.00 bits per heavy atom. The Labute approximate surface area is 48.8 Å². The molecule has 0 aromatic rings. The molecule has 2 heteroatoms. The van der Waals surface area contributed by atoms with Gasteiger partial charge in [-0.1, -0.05) is 0 Å². The molecule has 0 aliphatic heterocycles. The van der Waals surface area contributed by atoms with Crippen molar-refractivity contribution < 1.29 is 9.53 Å². The third kappa shape index (κ3) is 1.22. The Morgan fingerprint density at radius 1 is 2.00 bits per heavy atom. The van der Waals surface area contributed by atoms with E-state index < -0.39 is 0 Å². The Hall–Kier alpha value is -0.530. The summed E-state index contributed by atoms with van der Waals surface area (Å²) in [6.45, 7) is 2.32. The molecule has 0 amide bonds. The quantitative estimate of drug-likeness (QED) is 0.494. The second kappa shape index (κ2) is 2.16. The highest BCUT2D eigenvalue weighted by Crippen LogP contribution is 2.28. The molecular weight excluding hydrogens is 104 g/mol. The second-order valence-corrected chi connectivity index (χ2v) is 1.83. The molecule has 0 saturated heterocycles. The van der Waals surface area contributed by atoms with Gasteiger partial charge in [0.15, 0.2) is 0 Å². The van der Waals surface area contributed by atoms with Crippen molar-refractivity contribution in [3.63, 3.8) is 0 Å². The molecule has 0 spiro atoms. The first-order valence-corrected chi connectivity index (χ1v) is 2.84. The Bertz CT molecular complexity index is 94.7. The minimum atomic E-state index is -0.0625. The molecule has 1 aliphatic rings. The van der Waals surface area contributed by atoms with Gasteiger partial charge in [-0.3, -0.25) is 4.79 Å². The van der Waals surface area contributed by atoms with Gasteiger partial charge in [0, 0.05) is 0 Å². The van der Waals surface area contributed by atoms with Gasteiger partial charge in [-0.05, 0) is 19.8 Å². The summed E-state index contributed by atoms with van der Waals surface area (Å²) in [6.07, 6.45) is 2.86. The van der Waals surface area contributed by atoms with E-state index >= 15 is 0 Å². The Balaban J connectivity index is 2.13. The Kier molecular flexibility index (Phi) is 1.51. The van der Waals surface area contributed by atoms with Gasteiger partial charge in [-0.2, -0.15) is 0 Å². The van der Waals surface area contributed by atoms with Crippen LogP contribution in [0.25, 0.3) is 0 Å². The van der Waals surface area contributed by atoms with E-state index in [9.17, 15) is 4.79 Å². The van der Waals surface area contributed by atoms with E-state index in [-0.39, 0.29) is 11.9 Å². The highest BCUT2D eigenvalue weighted by molar-refractivity contribution is 5.77. The highest BCUT2D eigenvalue weighted by atomic mass is 16.5. The van der Waals surface area contributed by atoms with Crippen molar-refractivity contribution in [2.75, 3.05) is 6.61 Å². The fourth-order valence-corrected chi connectivity index (χ4v) is 0.510. The zero-order valence-electron chi connectivity index (χ0n) is 4.89. The molecule has 1 aliphatic carbocycles. The third-order valence-electron chi connectivity index (χ3n) is 1.06. The van der Waals surface area contributed by atoms with E-state index in [0.29, 0.717) is 6.61 Å². The predicted octanol–water partition coefficient (Wildman–Crippen LogP) is 0.774. The largest absolute Gasteiger partial charge is 0.466 e. The third-order valence-corrected chi connectivity index (χ3v) is 1.06. The van der Waals surface area contributed by atoms with E-state index in [1.807, 2.05) is 13.3 Å². The predicted molar refractivity (Wildman–Crippen MR) is 29.0 cm³/mol. The first-order chi connectivity index (χ1) is 3.84. The highest BCUT2D eigenvalue weighted by Gasteiger charge is 2.31. The average molecular weight is 113 g/mol. The van der Waals surface area contributed by atoms with E-state index in [2.05, 4.69) is 0 Å². The van der Waals surface area contributed by atoms with E-state index in [1.54, 1.807) is 0 Å². The first kappa shape index (κ1) is 5.60. The van der Waals surface area contributed by atoms with Crippen LogP contribution in [0.4, 0.5) is 0 Å². The second-order valence-electron chi connectivity index (χ2n) is 1.83. The molecule has 1 radical (unpaired) electrons. The summed E-state index contributed by atoms with van der Waals surface area (Å²) in [4.78, 5) is 10.6. The molecular formula is C6H9O2. The normalized spacial score (nSPS) is 18.1. The van der Waals surface area contributed by atoms with Crippen LogP contribution in [0.1, 0.15) is 13.3 Å². The lowest BCUT2D eigenvalue weighted by atomic mass is 10.4. The summed E-state index contributed by atoms with van der Waals surface area (Å²) in [5, 5.41) is 0. The summed E-state index contributed by atoms with van der Waals surface area (Å²) >= 11 is 0. The summed E-state index contributed by atoms with van der Waals surface area (Å²) in [7, 11) is 0. The zero-order valence-corrected chi connectivity index (χ0v) is 4.89. The van der Waals surface area contributed by atoms with Crippen LogP contribution in [-0.2, 0) is 9.53 Å². The van der Waals surface area contributed by atoms with Gasteiger partial charge in [0.05, 0.1) is 12.5 Å².